The molecule has 0 radical (unpaired) electrons. The van der Waals surface area contributed by atoms with Gasteiger partial charge in [0.25, 0.3) is 5.91 Å². The lowest BCUT2D eigenvalue weighted by atomic mass is 10.2. The molecule has 0 aliphatic heterocycles. The summed E-state index contributed by atoms with van der Waals surface area (Å²) in [6, 6.07) is 7.26. The smallest absolute Gasteiger partial charge is 0.275 e. The Bertz CT molecular complexity index is 905. The van der Waals surface area contributed by atoms with Crippen LogP contribution in [0.5, 0.6) is 0 Å². The molecule has 0 bridgehead atoms. The topological polar surface area (TPSA) is 103 Å². The third kappa shape index (κ3) is 3.79. The van der Waals surface area contributed by atoms with Gasteiger partial charge in [0.15, 0.2) is 0 Å². The lowest BCUT2D eigenvalue weighted by Gasteiger charge is -1.99. The molecule has 0 spiro atoms. The number of anilines is 1. The van der Waals surface area contributed by atoms with Gasteiger partial charge in [-0.1, -0.05) is 23.7 Å². The van der Waals surface area contributed by atoms with Crippen molar-refractivity contribution >= 4 is 40.4 Å². The number of benzene rings is 1. The van der Waals surface area contributed by atoms with Gasteiger partial charge in [-0.05, 0) is 12.1 Å². The summed E-state index contributed by atoms with van der Waals surface area (Å²) in [4.78, 5) is 27.4. The SMILES string of the molecule is NC(=O)Cn1cc(NC(=O)c2csc(-c3cccc(Cl)c3)n2)cn1. The highest BCUT2D eigenvalue weighted by Gasteiger charge is 2.13. The quantitative estimate of drug-likeness (QED) is 0.728. The Morgan fingerprint density at radius 3 is 2.96 bits per heavy atom. The van der Waals surface area contributed by atoms with Gasteiger partial charge in [-0.3, -0.25) is 14.3 Å². The van der Waals surface area contributed by atoms with E-state index in [1.807, 2.05) is 12.1 Å². The first-order valence-electron chi connectivity index (χ1n) is 6.85. The van der Waals surface area contributed by atoms with Crippen LogP contribution in [0.15, 0.2) is 42.0 Å². The normalized spacial score (nSPS) is 10.5. The largest absolute Gasteiger partial charge is 0.368 e. The number of amides is 2. The fourth-order valence-corrected chi connectivity index (χ4v) is 2.99. The minimum atomic E-state index is -0.512. The van der Waals surface area contributed by atoms with Crippen LogP contribution in [0.25, 0.3) is 10.6 Å². The molecule has 122 valence electrons. The molecule has 0 atom stereocenters. The summed E-state index contributed by atoms with van der Waals surface area (Å²) < 4.78 is 1.34. The fraction of sp³-hybridized carbons (Fsp3) is 0.0667. The molecule has 0 aliphatic rings. The number of nitrogens with one attached hydrogen (secondary N) is 1. The molecule has 3 aromatic rings. The number of hydrogen-bond donors (Lipinski definition) is 2. The standard InChI is InChI=1S/C15H12ClN5O2S/c16-10-3-1-2-9(4-10)15-20-12(8-24-15)14(23)19-11-5-18-21(6-11)7-13(17)22/h1-6,8H,7H2,(H2,17,22)(H,19,23). The summed E-state index contributed by atoms with van der Waals surface area (Å²) in [6.45, 7) is -0.0501. The van der Waals surface area contributed by atoms with Crippen molar-refractivity contribution in [2.24, 2.45) is 5.73 Å². The molecular weight excluding hydrogens is 350 g/mol. The van der Waals surface area contributed by atoms with E-state index >= 15 is 0 Å². The maximum Gasteiger partial charge on any atom is 0.275 e. The highest BCUT2D eigenvalue weighted by molar-refractivity contribution is 7.13. The lowest BCUT2D eigenvalue weighted by molar-refractivity contribution is -0.118. The number of hydrogen-bond acceptors (Lipinski definition) is 5. The van der Waals surface area contributed by atoms with Crippen LogP contribution in [-0.2, 0) is 11.3 Å². The Labute approximate surface area is 146 Å². The van der Waals surface area contributed by atoms with Gasteiger partial charge in [-0.25, -0.2) is 4.98 Å². The number of primary amides is 1. The highest BCUT2D eigenvalue weighted by atomic mass is 35.5. The molecule has 3 N–H and O–H groups in total. The lowest BCUT2D eigenvalue weighted by Crippen LogP contribution is -2.18. The number of nitrogens with zero attached hydrogens (tertiary/aromatic N) is 3. The molecule has 0 fully saturated rings. The van der Waals surface area contributed by atoms with Crippen LogP contribution in [-0.4, -0.2) is 26.6 Å². The average Bonchev–Trinajstić information content (AvgIpc) is 3.16. The van der Waals surface area contributed by atoms with Crippen molar-refractivity contribution in [1.82, 2.24) is 14.8 Å². The molecular formula is C15H12ClN5O2S. The van der Waals surface area contributed by atoms with Gasteiger partial charge >= 0.3 is 0 Å². The number of halogens is 1. The van der Waals surface area contributed by atoms with Gasteiger partial charge in [0.2, 0.25) is 5.91 Å². The first kappa shape index (κ1) is 16.2. The Morgan fingerprint density at radius 1 is 1.38 bits per heavy atom. The van der Waals surface area contributed by atoms with Crippen LogP contribution >= 0.6 is 22.9 Å². The number of carbonyl (C=O) groups is 2. The zero-order valence-corrected chi connectivity index (χ0v) is 13.8. The van der Waals surface area contributed by atoms with Gasteiger partial charge in [0.05, 0.1) is 11.9 Å². The summed E-state index contributed by atoms with van der Waals surface area (Å²) >= 11 is 7.32. The summed E-state index contributed by atoms with van der Waals surface area (Å²) in [7, 11) is 0. The van der Waals surface area contributed by atoms with Gasteiger partial charge in [-0.2, -0.15) is 5.10 Å². The summed E-state index contributed by atoms with van der Waals surface area (Å²) in [6.07, 6.45) is 2.96. The van der Waals surface area contributed by atoms with Crippen molar-refractivity contribution in [2.45, 2.75) is 6.54 Å². The minimum absolute atomic E-state index is 0.0501. The van der Waals surface area contributed by atoms with Crippen LogP contribution in [0.2, 0.25) is 5.02 Å². The Hall–Kier alpha value is -2.71. The monoisotopic (exact) mass is 361 g/mol. The maximum atomic E-state index is 12.2. The molecule has 0 saturated heterocycles. The van der Waals surface area contributed by atoms with Crippen molar-refractivity contribution in [3.8, 4) is 10.6 Å². The molecule has 7 nitrogen and oxygen atoms in total. The number of nitrogens with two attached hydrogens (primary N) is 1. The molecule has 2 aromatic heterocycles. The van der Waals surface area contributed by atoms with Gasteiger partial charge in [-0.15, -0.1) is 11.3 Å². The molecule has 2 heterocycles. The predicted molar refractivity (Wildman–Crippen MR) is 91.9 cm³/mol. The number of rotatable bonds is 5. The molecule has 3 rings (SSSR count). The molecule has 9 heteroatoms. The van der Waals surface area contributed by atoms with Crippen molar-refractivity contribution in [1.29, 1.82) is 0 Å². The van der Waals surface area contributed by atoms with E-state index in [1.165, 1.54) is 28.4 Å². The average molecular weight is 362 g/mol. The van der Waals surface area contributed by atoms with E-state index in [0.29, 0.717) is 15.7 Å². The van der Waals surface area contributed by atoms with Crippen LogP contribution in [0.4, 0.5) is 5.69 Å². The van der Waals surface area contributed by atoms with Crippen molar-refractivity contribution < 1.29 is 9.59 Å². The maximum absolute atomic E-state index is 12.2. The van der Waals surface area contributed by atoms with Crippen LogP contribution in [0, 0.1) is 0 Å². The Kier molecular flexibility index (Phi) is 4.59. The van der Waals surface area contributed by atoms with Gasteiger partial charge in [0, 0.05) is 22.2 Å². The van der Waals surface area contributed by atoms with E-state index < -0.39 is 5.91 Å². The van der Waals surface area contributed by atoms with Gasteiger partial charge in [0.1, 0.15) is 17.2 Å². The third-order valence-electron chi connectivity index (χ3n) is 3.02. The number of carbonyl (C=O) groups excluding carboxylic acids is 2. The molecule has 0 aliphatic carbocycles. The van der Waals surface area contributed by atoms with Crippen molar-refractivity contribution in [2.75, 3.05) is 5.32 Å². The second-order valence-corrected chi connectivity index (χ2v) is 6.19. The van der Waals surface area contributed by atoms with E-state index in [9.17, 15) is 9.59 Å². The first-order valence-corrected chi connectivity index (χ1v) is 8.10. The highest BCUT2D eigenvalue weighted by Crippen LogP contribution is 2.26. The zero-order valence-electron chi connectivity index (χ0n) is 12.3. The van der Waals surface area contributed by atoms with E-state index in [-0.39, 0.29) is 18.1 Å². The Balaban J connectivity index is 1.72. The van der Waals surface area contributed by atoms with Crippen molar-refractivity contribution in [3.05, 3.63) is 52.8 Å². The van der Waals surface area contributed by atoms with Crippen molar-refractivity contribution in [3.63, 3.8) is 0 Å². The molecule has 24 heavy (non-hydrogen) atoms. The second-order valence-electron chi connectivity index (χ2n) is 4.90. The summed E-state index contributed by atoms with van der Waals surface area (Å²) in [5.41, 5.74) is 6.68. The molecule has 1 aromatic carbocycles. The predicted octanol–water partition coefficient (Wildman–Crippen LogP) is 2.40. The summed E-state index contributed by atoms with van der Waals surface area (Å²) in [5.74, 6) is -0.875. The Morgan fingerprint density at radius 2 is 2.21 bits per heavy atom. The fourth-order valence-electron chi connectivity index (χ4n) is 2.00. The third-order valence-corrected chi connectivity index (χ3v) is 4.14. The van der Waals surface area contributed by atoms with Crippen LogP contribution in [0.3, 0.4) is 0 Å². The van der Waals surface area contributed by atoms with E-state index in [4.69, 9.17) is 17.3 Å². The molecule has 0 unspecified atom stereocenters. The zero-order chi connectivity index (χ0) is 17.1. The van der Waals surface area contributed by atoms with Gasteiger partial charge < -0.3 is 11.1 Å². The summed E-state index contributed by atoms with van der Waals surface area (Å²) in [5, 5.41) is 9.58. The second kappa shape index (κ2) is 6.81. The van der Waals surface area contributed by atoms with Crippen LogP contribution < -0.4 is 11.1 Å². The number of aromatic nitrogens is 3. The van der Waals surface area contributed by atoms with E-state index in [0.717, 1.165) is 5.56 Å². The number of thiazole rings is 1. The molecule has 0 saturated carbocycles. The van der Waals surface area contributed by atoms with E-state index in [1.54, 1.807) is 17.5 Å². The van der Waals surface area contributed by atoms with Crippen LogP contribution in [0.1, 0.15) is 10.5 Å². The van der Waals surface area contributed by atoms with E-state index in [2.05, 4.69) is 15.4 Å². The molecule has 2 amide bonds. The first-order chi connectivity index (χ1) is 11.5. The minimum Gasteiger partial charge on any atom is -0.368 e.